The smallest absolute Gasteiger partial charge is 0.337 e. The molecule has 1 aromatic heterocycles. The minimum Gasteiger partial charge on any atom is -0.465 e. The van der Waals surface area contributed by atoms with Crippen molar-refractivity contribution in [2.24, 2.45) is 0 Å². The van der Waals surface area contributed by atoms with Crippen LogP contribution in [0.25, 0.3) is 9.40 Å². The van der Waals surface area contributed by atoms with Crippen molar-refractivity contribution in [1.29, 1.82) is 0 Å². The predicted molar refractivity (Wildman–Crippen MR) is 57.3 cm³/mol. The second kappa shape index (κ2) is 3.51. The molecule has 0 amide bonds. The summed E-state index contributed by atoms with van der Waals surface area (Å²) in [6.45, 7) is 0. The largest absolute Gasteiger partial charge is 0.465 e. The average Bonchev–Trinajstić information content (AvgIpc) is 2.55. The van der Waals surface area contributed by atoms with Gasteiger partial charge in [0.05, 0.1) is 12.7 Å². The fourth-order valence-corrected chi connectivity index (χ4v) is 3.08. The summed E-state index contributed by atoms with van der Waals surface area (Å²) < 4.78 is 6.37. The van der Waals surface area contributed by atoms with Gasteiger partial charge in [0, 0.05) is 9.40 Å². The van der Waals surface area contributed by atoms with Gasteiger partial charge in [-0.15, -0.1) is 0 Å². The molecule has 0 radical (unpaired) electrons. The molecule has 0 aliphatic heterocycles. The van der Waals surface area contributed by atoms with E-state index in [1.807, 2.05) is 0 Å². The van der Waals surface area contributed by atoms with E-state index in [4.69, 9.17) is 0 Å². The number of fused-ring (bicyclic) bond motifs is 1. The number of rotatable bonds is 1. The Morgan fingerprint density at radius 1 is 1.29 bits per heavy atom. The van der Waals surface area contributed by atoms with Crippen molar-refractivity contribution in [1.82, 2.24) is 0 Å². The summed E-state index contributed by atoms with van der Waals surface area (Å²) in [6.07, 6.45) is 0. The van der Waals surface area contributed by atoms with Crippen molar-refractivity contribution in [3.8, 4) is 0 Å². The molecule has 0 unspecified atom stereocenters. The Morgan fingerprint density at radius 2 is 2.00 bits per heavy atom. The number of methoxy groups -OCH3 is 1. The Kier molecular flexibility index (Phi) is 2.35. The van der Waals surface area contributed by atoms with E-state index in [0.717, 1.165) is 20.7 Å². The van der Waals surface area contributed by atoms with Crippen molar-refractivity contribution < 1.29 is 9.53 Å². The lowest BCUT2D eigenvalue weighted by Gasteiger charge is -1.97. The standard InChI is InChI=1S/C9H6O3S2/c1-12-8(10)5-2-3-6-7(4-5)14-9(11)13-6/h2-4H,1H3. The van der Waals surface area contributed by atoms with Crippen molar-refractivity contribution in [3.05, 3.63) is 32.6 Å². The van der Waals surface area contributed by atoms with Crippen LogP contribution in [0.2, 0.25) is 0 Å². The number of hydrogen-bond acceptors (Lipinski definition) is 5. The van der Waals surface area contributed by atoms with Crippen LogP contribution in [-0.4, -0.2) is 13.1 Å². The highest BCUT2D eigenvalue weighted by Crippen LogP contribution is 2.22. The molecule has 0 aliphatic rings. The molecule has 72 valence electrons. The summed E-state index contributed by atoms with van der Waals surface area (Å²) in [5, 5.41) is 0. The lowest BCUT2D eigenvalue weighted by Crippen LogP contribution is -1.99. The van der Waals surface area contributed by atoms with Crippen LogP contribution in [0.5, 0.6) is 0 Å². The van der Waals surface area contributed by atoms with E-state index >= 15 is 0 Å². The molecular formula is C9H6O3S2. The fraction of sp³-hybridized carbons (Fsp3) is 0.111. The molecule has 5 heteroatoms. The number of benzene rings is 1. The quantitative estimate of drug-likeness (QED) is 0.699. The molecule has 0 spiro atoms. The van der Waals surface area contributed by atoms with E-state index in [1.165, 1.54) is 18.4 Å². The van der Waals surface area contributed by atoms with Crippen molar-refractivity contribution in [2.45, 2.75) is 0 Å². The van der Waals surface area contributed by atoms with E-state index in [2.05, 4.69) is 4.74 Å². The van der Waals surface area contributed by atoms with Gasteiger partial charge in [0.15, 0.2) is 0 Å². The Morgan fingerprint density at radius 3 is 2.71 bits per heavy atom. The molecule has 0 aliphatic carbocycles. The van der Waals surface area contributed by atoms with E-state index in [-0.39, 0.29) is 10.0 Å². The summed E-state index contributed by atoms with van der Waals surface area (Å²) in [4.78, 5) is 22.2. The van der Waals surface area contributed by atoms with Crippen molar-refractivity contribution >= 4 is 38.0 Å². The number of carbonyl (C=O) groups excluding carboxylic acids is 1. The first kappa shape index (κ1) is 9.36. The number of ether oxygens (including phenoxy) is 1. The first-order chi connectivity index (χ1) is 6.70. The lowest BCUT2D eigenvalue weighted by atomic mass is 10.2. The normalized spacial score (nSPS) is 10.4. The maximum atomic E-state index is 11.2. The van der Waals surface area contributed by atoms with Crippen molar-refractivity contribution in [3.63, 3.8) is 0 Å². The fourth-order valence-electron chi connectivity index (χ4n) is 1.12. The summed E-state index contributed by atoms with van der Waals surface area (Å²) >= 11 is 2.34. The Balaban J connectivity index is 2.61. The van der Waals surface area contributed by atoms with Gasteiger partial charge in [0.1, 0.15) is 0 Å². The highest BCUT2D eigenvalue weighted by atomic mass is 32.2. The molecule has 1 aromatic carbocycles. The van der Waals surface area contributed by atoms with E-state index < -0.39 is 0 Å². The predicted octanol–water partition coefficient (Wildman–Crippen LogP) is 2.11. The van der Waals surface area contributed by atoms with E-state index in [1.54, 1.807) is 18.2 Å². The number of esters is 1. The van der Waals surface area contributed by atoms with Crippen LogP contribution < -0.4 is 4.06 Å². The average molecular weight is 226 g/mol. The van der Waals surface area contributed by atoms with Crippen LogP contribution in [0.15, 0.2) is 23.0 Å². The molecule has 2 rings (SSSR count). The second-order valence-electron chi connectivity index (χ2n) is 2.61. The zero-order chi connectivity index (χ0) is 10.1. The van der Waals surface area contributed by atoms with Gasteiger partial charge in [-0.1, -0.05) is 22.7 Å². The molecule has 14 heavy (non-hydrogen) atoms. The molecule has 1 heterocycles. The van der Waals surface area contributed by atoms with Gasteiger partial charge in [-0.2, -0.15) is 0 Å². The Hall–Kier alpha value is -1.20. The molecule has 0 fully saturated rings. The minimum atomic E-state index is -0.377. The van der Waals surface area contributed by atoms with Crippen LogP contribution in [0.4, 0.5) is 0 Å². The van der Waals surface area contributed by atoms with Crippen molar-refractivity contribution in [2.75, 3.05) is 7.11 Å². The Bertz CT molecular complexity index is 538. The lowest BCUT2D eigenvalue weighted by molar-refractivity contribution is 0.0601. The van der Waals surface area contributed by atoms with Gasteiger partial charge < -0.3 is 4.74 Å². The summed E-state index contributed by atoms with van der Waals surface area (Å²) in [5.41, 5.74) is 0.481. The maximum absolute atomic E-state index is 11.2. The SMILES string of the molecule is COC(=O)c1ccc2sc(=O)sc2c1. The molecule has 2 aromatic rings. The third kappa shape index (κ3) is 1.56. The van der Waals surface area contributed by atoms with Gasteiger partial charge in [-0.05, 0) is 18.2 Å². The first-order valence-electron chi connectivity index (χ1n) is 3.83. The maximum Gasteiger partial charge on any atom is 0.337 e. The molecule has 0 atom stereocenters. The van der Waals surface area contributed by atoms with E-state index in [0.29, 0.717) is 5.56 Å². The van der Waals surface area contributed by atoms with Gasteiger partial charge in [0.2, 0.25) is 0 Å². The summed E-state index contributed by atoms with van der Waals surface area (Å²) in [5.74, 6) is -0.377. The van der Waals surface area contributed by atoms with Crippen LogP contribution in [0.1, 0.15) is 10.4 Å². The highest BCUT2D eigenvalue weighted by Gasteiger charge is 2.07. The summed E-state index contributed by atoms with van der Waals surface area (Å²) in [6, 6.07) is 5.12. The molecule has 0 bridgehead atoms. The molecular weight excluding hydrogens is 220 g/mol. The van der Waals surface area contributed by atoms with Gasteiger partial charge in [-0.25, -0.2) is 4.79 Å². The summed E-state index contributed by atoms with van der Waals surface area (Å²) in [7, 11) is 1.34. The monoisotopic (exact) mass is 226 g/mol. The van der Waals surface area contributed by atoms with Gasteiger partial charge >= 0.3 is 5.97 Å². The third-order valence-electron chi connectivity index (χ3n) is 1.75. The Labute approximate surface area is 87.6 Å². The van der Waals surface area contributed by atoms with Gasteiger partial charge in [-0.3, -0.25) is 4.79 Å². The number of carbonyl (C=O) groups is 1. The minimum absolute atomic E-state index is 0.0435. The van der Waals surface area contributed by atoms with Gasteiger partial charge in [0.25, 0.3) is 4.06 Å². The van der Waals surface area contributed by atoms with Crippen LogP contribution in [0.3, 0.4) is 0 Å². The first-order valence-corrected chi connectivity index (χ1v) is 5.46. The van der Waals surface area contributed by atoms with Crippen LogP contribution in [-0.2, 0) is 4.74 Å². The molecule has 0 saturated carbocycles. The molecule has 0 saturated heterocycles. The van der Waals surface area contributed by atoms with Crippen LogP contribution in [0, 0.1) is 0 Å². The molecule has 3 nitrogen and oxygen atoms in total. The topological polar surface area (TPSA) is 43.4 Å². The second-order valence-corrected chi connectivity index (χ2v) is 4.90. The van der Waals surface area contributed by atoms with Crippen LogP contribution >= 0.6 is 22.7 Å². The molecule has 0 N–H and O–H groups in total. The number of hydrogen-bond donors (Lipinski definition) is 0. The third-order valence-corrected chi connectivity index (χ3v) is 3.85. The zero-order valence-electron chi connectivity index (χ0n) is 7.27. The van der Waals surface area contributed by atoms with E-state index in [9.17, 15) is 9.59 Å². The zero-order valence-corrected chi connectivity index (χ0v) is 8.91. The highest BCUT2D eigenvalue weighted by molar-refractivity contribution is 7.35.